The first-order valence-corrected chi connectivity index (χ1v) is 9.48. The van der Waals surface area contributed by atoms with Gasteiger partial charge in [0.1, 0.15) is 5.82 Å². The first kappa shape index (κ1) is 18.2. The molecule has 5 heteroatoms. The molecule has 4 rings (SSSR count). The summed E-state index contributed by atoms with van der Waals surface area (Å²) < 4.78 is 13.3. The Morgan fingerprint density at radius 2 is 1.82 bits per heavy atom. The summed E-state index contributed by atoms with van der Waals surface area (Å²) in [7, 11) is 0. The van der Waals surface area contributed by atoms with Crippen LogP contribution in [0.3, 0.4) is 0 Å². The number of amides is 2. The SMILES string of the molecule is O=C(Nc1cccc(F)c1)[C@@H]1CC12CCN(C(=O)C#Cc1ccccc1)CC2. The molecule has 142 valence electrons. The van der Waals surface area contributed by atoms with Gasteiger partial charge in [0.25, 0.3) is 5.91 Å². The van der Waals surface area contributed by atoms with Crippen molar-refractivity contribution in [2.45, 2.75) is 19.3 Å². The lowest BCUT2D eigenvalue weighted by atomic mass is 9.90. The summed E-state index contributed by atoms with van der Waals surface area (Å²) in [5.41, 5.74) is 1.28. The van der Waals surface area contributed by atoms with E-state index in [1.807, 2.05) is 30.3 Å². The predicted octanol–water partition coefficient (Wildman–Crippen LogP) is 3.44. The maximum Gasteiger partial charge on any atom is 0.298 e. The van der Waals surface area contributed by atoms with Crippen LogP contribution in [0.25, 0.3) is 0 Å². The molecule has 1 heterocycles. The van der Waals surface area contributed by atoms with Gasteiger partial charge < -0.3 is 10.2 Å². The average molecular weight is 376 g/mol. The lowest BCUT2D eigenvalue weighted by Gasteiger charge is -2.31. The van der Waals surface area contributed by atoms with E-state index in [0.717, 1.165) is 24.8 Å². The van der Waals surface area contributed by atoms with Gasteiger partial charge in [0.05, 0.1) is 0 Å². The van der Waals surface area contributed by atoms with Gasteiger partial charge in [-0.2, -0.15) is 0 Å². The molecule has 0 aromatic heterocycles. The number of rotatable bonds is 2. The van der Waals surface area contributed by atoms with Crippen molar-refractivity contribution in [1.82, 2.24) is 4.90 Å². The summed E-state index contributed by atoms with van der Waals surface area (Å²) in [6, 6.07) is 15.4. The zero-order chi connectivity index (χ0) is 19.6. The molecule has 2 amide bonds. The number of anilines is 1. The highest BCUT2D eigenvalue weighted by Gasteiger charge is 2.58. The maximum absolute atomic E-state index is 13.3. The van der Waals surface area contributed by atoms with Crippen LogP contribution in [-0.2, 0) is 9.59 Å². The minimum atomic E-state index is -0.369. The second-order valence-corrected chi connectivity index (χ2v) is 7.53. The van der Waals surface area contributed by atoms with Gasteiger partial charge in [0.15, 0.2) is 0 Å². The van der Waals surface area contributed by atoms with Gasteiger partial charge in [0.2, 0.25) is 5.91 Å². The highest BCUT2D eigenvalue weighted by atomic mass is 19.1. The molecule has 1 aliphatic carbocycles. The topological polar surface area (TPSA) is 49.4 Å². The first-order valence-electron chi connectivity index (χ1n) is 9.48. The lowest BCUT2D eigenvalue weighted by Crippen LogP contribution is -2.39. The van der Waals surface area contributed by atoms with E-state index in [9.17, 15) is 14.0 Å². The van der Waals surface area contributed by atoms with Crippen LogP contribution in [0.4, 0.5) is 10.1 Å². The van der Waals surface area contributed by atoms with E-state index in [1.165, 1.54) is 12.1 Å². The number of piperidine rings is 1. The minimum absolute atomic E-state index is 0.0267. The molecule has 2 fully saturated rings. The summed E-state index contributed by atoms with van der Waals surface area (Å²) in [4.78, 5) is 26.6. The normalized spacial score (nSPS) is 19.5. The van der Waals surface area contributed by atoms with Crippen molar-refractivity contribution < 1.29 is 14.0 Å². The van der Waals surface area contributed by atoms with Crippen LogP contribution in [-0.4, -0.2) is 29.8 Å². The Hall–Kier alpha value is -3.13. The van der Waals surface area contributed by atoms with Crippen molar-refractivity contribution in [2.75, 3.05) is 18.4 Å². The third-order valence-electron chi connectivity index (χ3n) is 5.73. The highest BCUT2D eigenvalue weighted by Crippen LogP contribution is 2.59. The molecule has 1 aliphatic heterocycles. The Morgan fingerprint density at radius 3 is 2.54 bits per heavy atom. The molecule has 2 aromatic carbocycles. The van der Waals surface area contributed by atoms with Crippen LogP contribution in [0.15, 0.2) is 54.6 Å². The fourth-order valence-corrected chi connectivity index (χ4v) is 3.95. The Morgan fingerprint density at radius 1 is 1.07 bits per heavy atom. The van der Waals surface area contributed by atoms with E-state index in [2.05, 4.69) is 17.2 Å². The number of hydrogen-bond acceptors (Lipinski definition) is 2. The molecule has 1 N–H and O–H groups in total. The van der Waals surface area contributed by atoms with Crippen molar-refractivity contribution in [3.8, 4) is 11.8 Å². The number of carbonyl (C=O) groups is 2. The smallest absolute Gasteiger partial charge is 0.298 e. The number of hydrogen-bond donors (Lipinski definition) is 1. The minimum Gasteiger partial charge on any atom is -0.332 e. The van der Waals surface area contributed by atoms with Gasteiger partial charge in [-0.25, -0.2) is 4.39 Å². The number of carbonyl (C=O) groups excluding carboxylic acids is 2. The van der Waals surface area contributed by atoms with E-state index < -0.39 is 0 Å². The molecule has 1 saturated carbocycles. The molecule has 2 aliphatic rings. The van der Waals surface area contributed by atoms with Gasteiger partial charge in [0, 0.05) is 36.2 Å². The molecule has 2 aromatic rings. The van der Waals surface area contributed by atoms with Gasteiger partial charge in [-0.15, -0.1) is 0 Å². The van der Waals surface area contributed by atoms with Crippen molar-refractivity contribution in [2.24, 2.45) is 11.3 Å². The van der Waals surface area contributed by atoms with Crippen LogP contribution in [0, 0.1) is 29.0 Å². The van der Waals surface area contributed by atoms with Crippen LogP contribution < -0.4 is 5.32 Å². The standard InChI is InChI=1S/C23H21FN2O2/c24-18-7-4-8-19(15-18)25-22(28)20-16-23(20)11-13-26(14-12-23)21(27)10-9-17-5-2-1-3-6-17/h1-8,15,20H,11-14,16H2,(H,25,28)/t20-/m0/s1. The van der Waals surface area contributed by atoms with E-state index in [4.69, 9.17) is 0 Å². The first-order chi connectivity index (χ1) is 13.6. The van der Waals surface area contributed by atoms with Crippen LogP contribution >= 0.6 is 0 Å². The molecule has 28 heavy (non-hydrogen) atoms. The Bertz CT molecular complexity index is 953. The zero-order valence-electron chi connectivity index (χ0n) is 15.5. The van der Waals surface area contributed by atoms with Crippen LogP contribution in [0.2, 0.25) is 0 Å². The van der Waals surface area contributed by atoms with Crippen molar-refractivity contribution in [3.05, 3.63) is 66.0 Å². The second-order valence-electron chi connectivity index (χ2n) is 7.53. The Labute approximate surface area is 163 Å². The summed E-state index contributed by atoms with van der Waals surface area (Å²) in [5, 5.41) is 2.81. The van der Waals surface area contributed by atoms with E-state index in [-0.39, 0.29) is 29.0 Å². The van der Waals surface area contributed by atoms with Crippen molar-refractivity contribution in [3.63, 3.8) is 0 Å². The maximum atomic E-state index is 13.3. The number of nitrogens with zero attached hydrogens (tertiary/aromatic N) is 1. The molecule has 1 spiro atoms. The van der Waals surface area contributed by atoms with Gasteiger partial charge in [-0.3, -0.25) is 9.59 Å². The number of likely N-dealkylation sites (tertiary alicyclic amines) is 1. The van der Waals surface area contributed by atoms with E-state index in [1.54, 1.807) is 17.0 Å². The average Bonchev–Trinajstić information content (AvgIpc) is 3.41. The Balaban J connectivity index is 1.30. The quantitative estimate of drug-likeness (QED) is 0.817. The summed E-state index contributed by atoms with van der Waals surface area (Å²) in [6.45, 7) is 1.23. The zero-order valence-corrected chi connectivity index (χ0v) is 15.5. The number of halogens is 1. The highest BCUT2D eigenvalue weighted by molar-refractivity contribution is 5.96. The van der Waals surface area contributed by atoms with Crippen LogP contribution in [0.1, 0.15) is 24.8 Å². The van der Waals surface area contributed by atoms with Gasteiger partial charge in [-0.05, 0) is 55.0 Å². The van der Waals surface area contributed by atoms with E-state index in [0.29, 0.717) is 18.8 Å². The second kappa shape index (κ2) is 7.47. The van der Waals surface area contributed by atoms with Crippen LogP contribution in [0.5, 0.6) is 0 Å². The molecule has 1 atom stereocenters. The molecule has 0 radical (unpaired) electrons. The summed E-state index contributed by atoms with van der Waals surface area (Å²) >= 11 is 0. The predicted molar refractivity (Wildman–Crippen MR) is 105 cm³/mol. The molecule has 0 bridgehead atoms. The summed E-state index contributed by atoms with van der Waals surface area (Å²) in [6.07, 6.45) is 2.42. The third kappa shape index (κ3) is 3.91. The molecular weight excluding hydrogens is 355 g/mol. The largest absolute Gasteiger partial charge is 0.332 e. The molecule has 4 nitrogen and oxygen atoms in total. The van der Waals surface area contributed by atoms with E-state index >= 15 is 0 Å². The van der Waals surface area contributed by atoms with Gasteiger partial charge in [-0.1, -0.05) is 30.2 Å². The fourth-order valence-electron chi connectivity index (χ4n) is 3.95. The Kier molecular flexibility index (Phi) is 4.87. The van der Waals surface area contributed by atoms with Gasteiger partial charge >= 0.3 is 0 Å². The third-order valence-corrected chi connectivity index (χ3v) is 5.73. The number of nitrogens with one attached hydrogen (secondary N) is 1. The molecule has 1 saturated heterocycles. The monoisotopic (exact) mass is 376 g/mol. The molecular formula is C23H21FN2O2. The molecule has 0 unspecified atom stereocenters. The van der Waals surface area contributed by atoms with Crippen molar-refractivity contribution >= 4 is 17.5 Å². The fraction of sp³-hybridized carbons (Fsp3) is 0.304. The summed E-state index contributed by atoms with van der Waals surface area (Å²) in [5.74, 6) is 4.95. The van der Waals surface area contributed by atoms with Crippen molar-refractivity contribution in [1.29, 1.82) is 0 Å². The number of benzene rings is 2. The lowest BCUT2D eigenvalue weighted by molar-refractivity contribution is -0.126.